The molecule has 154 valence electrons. The first-order valence-corrected chi connectivity index (χ1v) is 9.26. The lowest BCUT2D eigenvalue weighted by Gasteiger charge is -2.32. The van der Waals surface area contributed by atoms with Crippen molar-refractivity contribution in [1.29, 1.82) is 0 Å². The Morgan fingerprint density at radius 3 is 2.33 bits per heavy atom. The van der Waals surface area contributed by atoms with E-state index in [1.807, 2.05) is 34.6 Å². The highest BCUT2D eigenvalue weighted by atomic mass is 16.3. The maximum atomic E-state index is 12.5. The van der Waals surface area contributed by atoms with Gasteiger partial charge in [0.1, 0.15) is 12.1 Å². The van der Waals surface area contributed by atoms with E-state index in [2.05, 4.69) is 10.6 Å². The van der Waals surface area contributed by atoms with Crippen molar-refractivity contribution in [1.82, 2.24) is 10.6 Å². The van der Waals surface area contributed by atoms with Crippen LogP contribution in [0.2, 0.25) is 0 Å². The van der Waals surface area contributed by atoms with Crippen molar-refractivity contribution >= 4 is 17.7 Å². The number of carbonyl (C=O) groups excluding carboxylic acids is 3. The molecule has 0 aromatic carbocycles. The number of amides is 3. The molecular weight excluding hydrogens is 350 g/mol. The summed E-state index contributed by atoms with van der Waals surface area (Å²) in [5.74, 6) is -1.31. The number of primary amides is 1. The summed E-state index contributed by atoms with van der Waals surface area (Å²) in [7, 11) is 0. The van der Waals surface area contributed by atoms with Crippen LogP contribution in [0.15, 0.2) is 11.6 Å². The Balaban J connectivity index is 2.90. The summed E-state index contributed by atoms with van der Waals surface area (Å²) in [4.78, 5) is 36.2. The van der Waals surface area contributed by atoms with Crippen LogP contribution in [-0.2, 0) is 14.4 Å². The van der Waals surface area contributed by atoms with Crippen molar-refractivity contribution in [2.75, 3.05) is 0 Å². The fourth-order valence-corrected chi connectivity index (χ4v) is 2.95. The number of nitrogens with one attached hydrogen (secondary N) is 2. The van der Waals surface area contributed by atoms with E-state index in [-0.39, 0.29) is 35.7 Å². The molecule has 0 aromatic rings. The van der Waals surface area contributed by atoms with Crippen LogP contribution in [-0.4, -0.2) is 52.2 Å². The molecule has 0 aromatic heterocycles. The van der Waals surface area contributed by atoms with Crippen LogP contribution in [0.5, 0.6) is 0 Å². The molecule has 27 heavy (non-hydrogen) atoms. The van der Waals surface area contributed by atoms with Gasteiger partial charge < -0.3 is 26.6 Å². The summed E-state index contributed by atoms with van der Waals surface area (Å²) in [6.07, 6.45) is -0.432. The molecular formula is C19H33N3O5. The molecule has 0 unspecified atom stereocenters. The fraction of sp³-hybridized carbons (Fsp3) is 0.737. The predicted octanol–water partition coefficient (Wildman–Crippen LogP) is -0.0245. The van der Waals surface area contributed by atoms with E-state index < -0.39 is 36.1 Å². The third-order valence-corrected chi connectivity index (χ3v) is 4.24. The minimum atomic E-state index is -1.21. The van der Waals surface area contributed by atoms with Gasteiger partial charge in [-0.2, -0.15) is 0 Å². The molecule has 0 spiro atoms. The van der Waals surface area contributed by atoms with E-state index in [4.69, 9.17) is 5.73 Å². The number of rotatable bonds is 7. The third kappa shape index (κ3) is 7.68. The molecule has 0 saturated carbocycles. The molecule has 1 aliphatic carbocycles. The lowest BCUT2D eigenvalue weighted by Crippen LogP contribution is -2.52. The van der Waals surface area contributed by atoms with Gasteiger partial charge >= 0.3 is 0 Å². The van der Waals surface area contributed by atoms with Gasteiger partial charge in [-0.1, -0.05) is 40.7 Å². The highest BCUT2D eigenvalue weighted by Crippen LogP contribution is 2.22. The van der Waals surface area contributed by atoms with Crippen molar-refractivity contribution in [3.63, 3.8) is 0 Å². The van der Waals surface area contributed by atoms with Gasteiger partial charge in [0.05, 0.1) is 12.1 Å². The zero-order valence-electron chi connectivity index (χ0n) is 16.8. The smallest absolute Gasteiger partial charge is 0.247 e. The van der Waals surface area contributed by atoms with E-state index in [1.165, 1.54) is 6.08 Å². The Bertz CT molecular complexity index is 595. The van der Waals surface area contributed by atoms with Crippen molar-refractivity contribution in [3.8, 4) is 0 Å². The Hall–Kier alpha value is -1.93. The number of carbonyl (C=O) groups is 3. The van der Waals surface area contributed by atoms with Crippen LogP contribution in [0.1, 0.15) is 53.9 Å². The second kappa shape index (κ2) is 9.32. The van der Waals surface area contributed by atoms with Gasteiger partial charge in [-0.25, -0.2) is 0 Å². The summed E-state index contributed by atoms with van der Waals surface area (Å²) in [5, 5.41) is 25.5. The van der Waals surface area contributed by atoms with Crippen LogP contribution < -0.4 is 16.4 Å². The maximum absolute atomic E-state index is 12.5. The standard InChI is InChI=1S/C19H33N3O5/c1-10(2)6-13(17(20)26)22-18(27)11-7-12(16(25)14(23)8-11)21-15(24)9-19(3,4)5/h7,10,12-14,16,23,25H,6,8-9H2,1-5H3,(H2,20,26)(H,21,24)(H,22,27)/t12-,13-,14-,16-/m1/s1. The average Bonchev–Trinajstić information content (AvgIpc) is 2.48. The number of aliphatic hydroxyl groups is 2. The normalized spacial score (nSPS) is 24.1. The zero-order valence-corrected chi connectivity index (χ0v) is 16.8. The number of nitrogens with two attached hydrogens (primary N) is 1. The zero-order chi connectivity index (χ0) is 20.9. The van der Waals surface area contributed by atoms with E-state index in [0.29, 0.717) is 6.42 Å². The molecule has 0 radical (unpaired) electrons. The van der Waals surface area contributed by atoms with Crippen LogP contribution in [0.4, 0.5) is 0 Å². The lowest BCUT2D eigenvalue weighted by molar-refractivity contribution is -0.126. The SMILES string of the molecule is CC(C)C[C@@H](NC(=O)C1=C[C@@H](NC(=O)CC(C)(C)C)[C@@H](O)[C@H](O)C1)C(N)=O. The highest BCUT2D eigenvalue weighted by Gasteiger charge is 2.35. The largest absolute Gasteiger partial charge is 0.390 e. The Morgan fingerprint density at radius 1 is 1.26 bits per heavy atom. The van der Waals surface area contributed by atoms with E-state index in [0.717, 1.165) is 0 Å². The number of hydrogen-bond donors (Lipinski definition) is 5. The molecule has 0 heterocycles. The second-order valence-electron chi connectivity index (χ2n) is 8.84. The average molecular weight is 383 g/mol. The van der Waals surface area contributed by atoms with Crippen LogP contribution >= 0.6 is 0 Å². The van der Waals surface area contributed by atoms with Gasteiger partial charge in [0, 0.05) is 18.4 Å². The van der Waals surface area contributed by atoms with Crippen LogP contribution in [0.3, 0.4) is 0 Å². The van der Waals surface area contributed by atoms with E-state index >= 15 is 0 Å². The van der Waals surface area contributed by atoms with Gasteiger partial charge in [0.2, 0.25) is 17.7 Å². The molecule has 8 heteroatoms. The molecule has 0 bridgehead atoms. The molecule has 6 N–H and O–H groups in total. The summed E-state index contributed by atoms with van der Waals surface area (Å²) >= 11 is 0. The minimum Gasteiger partial charge on any atom is -0.390 e. The number of hydrogen-bond acceptors (Lipinski definition) is 5. The first kappa shape index (κ1) is 23.1. The van der Waals surface area contributed by atoms with E-state index in [1.54, 1.807) is 0 Å². The van der Waals surface area contributed by atoms with Crippen LogP contribution in [0, 0.1) is 11.3 Å². The topological polar surface area (TPSA) is 142 Å². The van der Waals surface area contributed by atoms with Crippen molar-refractivity contribution in [2.24, 2.45) is 17.1 Å². The Kier molecular flexibility index (Phi) is 7.98. The predicted molar refractivity (Wildman–Crippen MR) is 101 cm³/mol. The van der Waals surface area contributed by atoms with Crippen molar-refractivity contribution in [2.45, 2.75) is 78.2 Å². The lowest BCUT2D eigenvalue weighted by atomic mass is 9.88. The molecule has 1 rings (SSSR count). The van der Waals surface area contributed by atoms with E-state index in [9.17, 15) is 24.6 Å². The fourth-order valence-electron chi connectivity index (χ4n) is 2.95. The molecule has 0 aliphatic heterocycles. The molecule has 4 atom stereocenters. The first-order chi connectivity index (χ1) is 12.3. The number of aliphatic hydroxyl groups excluding tert-OH is 2. The van der Waals surface area contributed by atoms with Gasteiger partial charge in [0.15, 0.2) is 0 Å². The Morgan fingerprint density at radius 2 is 1.85 bits per heavy atom. The van der Waals surface area contributed by atoms with Gasteiger partial charge in [-0.3, -0.25) is 14.4 Å². The summed E-state index contributed by atoms with van der Waals surface area (Å²) < 4.78 is 0. The monoisotopic (exact) mass is 383 g/mol. The van der Waals surface area contributed by atoms with Gasteiger partial charge in [-0.15, -0.1) is 0 Å². The quantitative estimate of drug-likeness (QED) is 0.420. The summed E-state index contributed by atoms with van der Waals surface area (Å²) in [6, 6.07) is -1.71. The van der Waals surface area contributed by atoms with Crippen LogP contribution in [0.25, 0.3) is 0 Å². The highest BCUT2D eigenvalue weighted by molar-refractivity contribution is 5.97. The second-order valence-corrected chi connectivity index (χ2v) is 8.84. The summed E-state index contributed by atoms with van der Waals surface area (Å²) in [6.45, 7) is 9.54. The molecule has 8 nitrogen and oxygen atoms in total. The third-order valence-electron chi connectivity index (χ3n) is 4.24. The molecule has 0 saturated heterocycles. The Labute approximate surface area is 160 Å². The van der Waals surface area contributed by atoms with Gasteiger partial charge in [0.25, 0.3) is 0 Å². The first-order valence-electron chi connectivity index (χ1n) is 9.26. The molecule has 3 amide bonds. The summed E-state index contributed by atoms with van der Waals surface area (Å²) in [5.41, 5.74) is 5.30. The molecule has 0 fully saturated rings. The maximum Gasteiger partial charge on any atom is 0.247 e. The minimum absolute atomic E-state index is 0.0776. The molecule has 1 aliphatic rings. The van der Waals surface area contributed by atoms with Gasteiger partial charge in [-0.05, 0) is 17.8 Å². The van der Waals surface area contributed by atoms with Crippen molar-refractivity contribution in [3.05, 3.63) is 11.6 Å². The van der Waals surface area contributed by atoms with Crippen molar-refractivity contribution < 1.29 is 24.6 Å².